The van der Waals surface area contributed by atoms with Gasteiger partial charge in [-0.15, -0.1) is 0 Å². The van der Waals surface area contributed by atoms with Crippen molar-refractivity contribution < 1.29 is 24.2 Å². The minimum atomic E-state index is -1.07. The molecule has 0 aliphatic rings. The number of aliphatic carboxylic acids is 1. The van der Waals surface area contributed by atoms with Crippen LogP contribution in [-0.4, -0.2) is 48.5 Å². The highest BCUT2D eigenvalue weighted by Gasteiger charge is 2.17. The first kappa shape index (κ1) is 16.1. The number of carboxylic acid groups (broad SMARTS) is 1. The number of carbonyl (C=O) groups is 2. The monoisotopic (exact) mass is 300 g/mol. The van der Waals surface area contributed by atoms with Crippen molar-refractivity contribution in [3.8, 4) is 11.5 Å². The highest BCUT2D eigenvalue weighted by molar-refractivity contribution is 7.98. The lowest BCUT2D eigenvalue weighted by molar-refractivity contribution is -0.139. The van der Waals surface area contributed by atoms with E-state index in [0.717, 1.165) is 0 Å². The van der Waals surface area contributed by atoms with E-state index in [4.69, 9.17) is 14.6 Å². The van der Waals surface area contributed by atoms with Crippen LogP contribution in [0.2, 0.25) is 0 Å². The maximum Gasteiger partial charge on any atom is 0.327 e. The van der Waals surface area contributed by atoms with Crippen LogP contribution in [0, 0.1) is 0 Å². The molecule has 1 aromatic rings. The number of methoxy groups -OCH3 is 2. The van der Waals surface area contributed by atoms with Crippen LogP contribution < -0.4 is 14.8 Å². The van der Waals surface area contributed by atoms with Gasteiger partial charge in [0.15, 0.2) is 11.5 Å². The molecule has 1 unspecified atom stereocenters. The van der Waals surface area contributed by atoms with Crippen molar-refractivity contribution in [2.45, 2.75) is 11.8 Å². The van der Waals surface area contributed by atoms with Gasteiger partial charge in [-0.2, -0.15) is 11.8 Å². The summed E-state index contributed by atoms with van der Waals surface area (Å²) in [5.74, 6) is 0.702. The predicted molar refractivity (Wildman–Crippen MR) is 74.1 cm³/mol. The van der Waals surface area contributed by atoms with Crippen LogP contribution in [0.5, 0.6) is 11.5 Å². The van der Waals surface area contributed by atoms with E-state index in [1.54, 1.807) is 12.3 Å². The number of carbonyl (C=O) groups excluding carboxylic acids is 1. The number of rotatable bonds is 9. The van der Waals surface area contributed by atoms with E-state index in [1.165, 1.54) is 26.0 Å². The summed E-state index contributed by atoms with van der Waals surface area (Å²) >= 11 is 1.33. The topological polar surface area (TPSA) is 97.8 Å². The molecule has 0 aromatic carbocycles. The Morgan fingerprint density at radius 2 is 2.30 bits per heavy atom. The first-order chi connectivity index (χ1) is 9.63. The van der Waals surface area contributed by atoms with Crippen LogP contribution in [-0.2, 0) is 15.3 Å². The number of amides is 1. The molecule has 1 atom stereocenters. The second-order valence-corrected chi connectivity index (χ2v) is 4.71. The van der Waals surface area contributed by atoms with E-state index in [1.807, 2.05) is 0 Å². The maximum atomic E-state index is 10.9. The summed E-state index contributed by atoms with van der Waals surface area (Å²) in [5.41, 5.74) is 0.659. The van der Waals surface area contributed by atoms with Gasteiger partial charge in [-0.1, -0.05) is 0 Å². The van der Waals surface area contributed by atoms with Gasteiger partial charge in [0.05, 0.1) is 19.9 Å². The Labute approximate surface area is 120 Å². The van der Waals surface area contributed by atoms with E-state index in [2.05, 4.69) is 10.3 Å². The Bertz CT molecular complexity index is 469. The van der Waals surface area contributed by atoms with E-state index in [9.17, 15) is 9.59 Å². The normalized spacial score (nSPS) is 11.5. The molecule has 0 saturated carbocycles. The summed E-state index contributed by atoms with van der Waals surface area (Å²) in [6.45, 7) is 0. The SMILES string of the molecule is COc1ccnc(CSCC(NC=O)C(=O)O)c1OC. The number of nitrogens with one attached hydrogen (secondary N) is 1. The third-order valence-corrected chi connectivity index (χ3v) is 3.50. The summed E-state index contributed by atoms with van der Waals surface area (Å²) < 4.78 is 10.4. The molecule has 1 rings (SSSR count). The van der Waals surface area contributed by atoms with Crippen LogP contribution in [0.3, 0.4) is 0 Å². The van der Waals surface area contributed by atoms with Crippen LogP contribution in [0.1, 0.15) is 5.69 Å². The van der Waals surface area contributed by atoms with Gasteiger partial charge in [0, 0.05) is 23.8 Å². The minimum Gasteiger partial charge on any atom is -0.493 e. The maximum absolute atomic E-state index is 10.9. The zero-order valence-corrected chi connectivity index (χ0v) is 12.0. The van der Waals surface area contributed by atoms with Crippen molar-refractivity contribution in [1.82, 2.24) is 10.3 Å². The van der Waals surface area contributed by atoms with Crippen molar-refractivity contribution in [2.75, 3.05) is 20.0 Å². The largest absolute Gasteiger partial charge is 0.493 e. The average Bonchev–Trinajstić information content (AvgIpc) is 2.45. The molecule has 0 aliphatic carbocycles. The molecule has 7 nitrogen and oxygen atoms in total. The van der Waals surface area contributed by atoms with Crippen LogP contribution in [0.25, 0.3) is 0 Å². The highest BCUT2D eigenvalue weighted by Crippen LogP contribution is 2.31. The Morgan fingerprint density at radius 3 is 2.85 bits per heavy atom. The van der Waals surface area contributed by atoms with E-state index in [0.29, 0.717) is 29.4 Å². The number of hydrogen-bond acceptors (Lipinski definition) is 6. The zero-order valence-electron chi connectivity index (χ0n) is 11.2. The summed E-state index contributed by atoms with van der Waals surface area (Å²) in [5, 5.41) is 11.1. The van der Waals surface area contributed by atoms with Gasteiger partial charge < -0.3 is 19.9 Å². The number of nitrogens with zero attached hydrogens (tertiary/aromatic N) is 1. The van der Waals surface area contributed by atoms with Gasteiger partial charge in [-0.25, -0.2) is 4.79 Å². The van der Waals surface area contributed by atoms with Gasteiger partial charge in [-0.05, 0) is 0 Å². The standard InChI is InChI=1S/C12H16N2O5S/c1-18-10-3-4-13-8(11(10)19-2)5-20-6-9(12(16)17)14-7-15/h3-4,7,9H,5-6H2,1-2H3,(H,14,15)(H,16,17). The number of carboxylic acids is 1. The molecule has 0 radical (unpaired) electrons. The van der Waals surface area contributed by atoms with Gasteiger partial charge in [0.25, 0.3) is 0 Å². The number of ether oxygens (including phenoxy) is 2. The average molecular weight is 300 g/mol. The molecule has 8 heteroatoms. The summed E-state index contributed by atoms with van der Waals surface area (Å²) in [7, 11) is 3.05. The number of hydrogen-bond donors (Lipinski definition) is 2. The fraction of sp³-hybridized carbons (Fsp3) is 0.417. The zero-order chi connectivity index (χ0) is 15.0. The lowest BCUT2D eigenvalue weighted by Crippen LogP contribution is -2.37. The van der Waals surface area contributed by atoms with Crippen molar-refractivity contribution in [2.24, 2.45) is 0 Å². The quantitative estimate of drug-likeness (QED) is 0.642. The second kappa shape index (κ2) is 8.26. The summed E-state index contributed by atoms with van der Waals surface area (Å²) in [4.78, 5) is 25.3. The van der Waals surface area contributed by atoms with E-state index < -0.39 is 12.0 Å². The summed E-state index contributed by atoms with van der Waals surface area (Å²) in [6, 6.07) is 0.759. The van der Waals surface area contributed by atoms with Crippen molar-refractivity contribution in [1.29, 1.82) is 0 Å². The van der Waals surface area contributed by atoms with Crippen LogP contribution >= 0.6 is 11.8 Å². The molecule has 110 valence electrons. The van der Waals surface area contributed by atoms with Crippen LogP contribution in [0.15, 0.2) is 12.3 Å². The van der Waals surface area contributed by atoms with Gasteiger partial charge >= 0.3 is 5.97 Å². The lowest BCUT2D eigenvalue weighted by Gasteiger charge is -2.13. The Morgan fingerprint density at radius 1 is 1.55 bits per heavy atom. The minimum absolute atomic E-state index is 0.232. The molecule has 1 heterocycles. The third-order valence-electron chi connectivity index (χ3n) is 2.46. The highest BCUT2D eigenvalue weighted by atomic mass is 32.2. The smallest absolute Gasteiger partial charge is 0.327 e. The molecular formula is C12H16N2O5S. The number of aromatic nitrogens is 1. The van der Waals surface area contributed by atoms with Gasteiger partial charge in [0.2, 0.25) is 6.41 Å². The number of pyridine rings is 1. The first-order valence-corrected chi connectivity index (χ1v) is 6.85. The molecule has 0 saturated heterocycles. The Kier molecular flexibility index (Phi) is 6.65. The Hall–Kier alpha value is -1.96. The molecule has 0 aliphatic heterocycles. The van der Waals surface area contributed by atoms with E-state index in [-0.39, 0.29) is 5.75 Å². The molecule has 0 bridgehead atoms. The molecule has 20 heavy (non-hydrogen) atoms. The van der Waals surface area contributed by atoms with E-state index >= 15 is 0 Å². The molecule has 1 aromatic heterocycles. The summed E-state index contributed by atoms with van der Waals surface area (Å²) in [6.07, 6.45) is 1.97. The number of thioether (sulfide) groups is 1. The molecule has 0 spiro atoms. The fourth-order valence-corrected chi connectivity index (χ4v) is 2.49. The molecule has 0 fully saturated rings. The molecule has 1 amide bonds. The predicted octanol–water partition coefficient (Wildman–Crippen LogP) is 0.531. The van der Waals surface area contributed by atoms with Crippen LogP contribution in [0.4, 0.5) is 0 Å². The first-order valence-electron chi connectivity index (χ1n) is 5.70. The molecular weight excluding hydrogens is 284 g/mol. The fourth-order valence-electron chi connectivity index (χ4n) is 1.50. The van der Waals surface area contributed by atoms with Gasteiger partial charge in [0.1, 0.15) is 6.04 Å². The van der Waals surface area contributed by atoms with Crippen molar-refractivity contribution in [3.05, 3.63) is 18.0 Å². The van der Waals surface area contributed by atoms with Crippen molar-refractivity contribution >= 4 is 24.1 Å². The third kappa shape index (κ3) is 4.30. The second-order valence-electron chi connectivity index (χ2n) is 3.68. The van der Waals surface area contributed by atoms with Gasteiger partial charge in [-0.3, -0.25) is 9.78 Å². The van der Waals surface area contributed by atoms with Crippen molar-refractivity contribution in [3.63, 3.8) is 0 Å². The Balaban J connectivity index is 2.65. The lowest BCUT2D eigenvalue weighted by atomic mass is 10.3. The molecule has 2 N–H and O–H groups in total.